The summed E-state index contributed by atoms with van der Waals surface area (Å²) in [6, 6.07) is 13.0. The number of carbonyl (C=O) groups excluding carboxylic acids is 1. The molecule has 0 saturated heterocycles. The minimum atomic E-state index is -0.734. The zero-order valence-electron chi connectivity index (χ0n) is 15.5. The fourth-order valence-electron chi connectivity index (χ4n) is 2.82. The highest BCUT2D eigenvalue weighted by Crippen LogP contribution is 2.17. The van der Waals surface area contributed by atoms with Crippen molar-refractivity contribution in [2.24, 2.45) is 5.10 Å². The Morgan fingerprint density at radius 3 is 2.52 bits per heavy atom. The van der Waals surface area contributed by atoms with Crippen molar-refractivity contribution in [3.63, 3.8) is 0 Å². The molecule has 9 nitrogen and oxygen atoms in total. The van der Waals surface area contributed by atoms with Crippen molar-refractivity contribution in [3.8, 4) is 5.69 Å². The molecule has 0 aliphatic carbocycles. The zero-order chi connectivity index (χ0) is 21.1. The predicted molar refractivity (Wildman–Crippen MR) is 117 cm³/mol. The maximum atomic E-state index is 12.8. The van der Waals surface area contributed by atoms with Crippen LogP contribution in [0.2, 0.25) is 0 Å². The lowest BCUT2D eigenvalue weighted by molar-refractivity contribution is -0.385. The fraction of sp³-hybridized carbons (Fsp3) is 0.105. The lowest BCUT2D eigenvalue weighted by atomic mass is 10.1. The molecule has 0 fully saturated rings. The summed E-state index contributed by atoms with van der Waals surface area (Å²) in [5.74, 6) is -0.734. The van der Waals surface area contributed by atoms with Gasteiger partial charge in [-0.2, -0.15) is 5.10 Å². The number of rotatable bonds is 5. The second-order valence-electron chi connectivity index (χ2n) is 6.14. The van der Waals surface area contributed by atoms with E-state index in [0.29, 0.717) is 16.9 Å². The van der Waals surface area contributed by atoms with E-state index in [0.717, 1.165) is 3.57 Å². The SMILES string of the molecule is C/C(=N/NC(=O)c1ccccc1[N+](=O)[O-])c1c(C)[nH]n(-c2ccc(I)cc2)c1=O. The molecule has 0 aliphatic heterocycles. The summed E-state index contributed by atoms with van der Waals surface area (Å²) in [5.41, 5.74) is 3.37. The standard InChI is InChI=1S/C19H16IN5O4/c1-11(21-22-18(26)15-5-3-4-6-16(15)25(28)29)17-12(2)23-24(19(17)27)14-9-7-13(20)8-10-14/h3-10,23H,1-2H3,(H,22,26)/b21-11-. The van der Waals surface area contributed by atoms with Gasteiger partial charge in [0.25, 0.3) is 17.2 Å². The Morgan fingerprint density at radius 1 is 1.21 bits per heavy atom. The van der Waals surface area contributed by atoms with E-state index in [9.17, 15) is 19.7 Å². The highest BCUT2D eigenvalue weighted by molar-refractivity contribution is 14.1. The number of hydrazone groups is 1. The van der Waals surface area contributed by atoms with Crippen LogP contribution in [0.1, 0.15) is 28.5 Å². The smallest absolute Gasteiger partial charge is 0.282 e. The largest absolute Gasteiger partial charge is 0.295 e. The lowest BCUT2D eigenvalue weighted by Crippen LogP contribution is -2.24. The van der Waals surface area contributed by atoms with Crippen LogP contribution in [-0.2, 0) is 0 Å². The third-order valence-corrected chi connectivity index (χ3v) is 4.91. The van der Waals surface area contributed by atoms with Crippen molar-refractivity contribution in [2.45, 2.75) is 13.8 Å². The molecule has 2 aromatic carbocycles. The van der Waals surface area contributed by atoms with E-state index >= 15 is 0 Å². The van der Waals surface area contributed by atoms with Crippen LogP contribution in [0.4, 0.5) is 5.69 Å². The summed E-state index contributed by atoms with van der Waals surface area (Å²) < 4.78 is 2.43. The third kappa shape index (κ3) is 4.26. The van der Waals surface area contributed by atoms with Crippen LogP contribution < -0.4 is 11.0 Å². The van der Waals surface area contributed by atoms with Crippen molar-refractivity contribution < 1.29 is 9.72 Å². The van der Waals surface area contributed by atoms with Crippen molar-refractivity contribution >= 4 is 39.9 Å². The van der Waals surface area contributed by atoms with Gasteiger partial charge in [0.2, 0.25) is 0 Å². The number of H-pyrrole nitrogens is 1. The Balaban J connectivity index is 1.89. The molecule has 3 rings (SSSR count). The number of benzene rings is 2. The van der Waals surface area contributed by atoms with Gasteiger partial charge >= 0.3 is 0 Å². The van der Waals surface area contributed by atoms with Crippen LogP contribution >= 0.6 is 22.6 Å². The molecule has 0 saturated carbocycles. The highest BCUT2D eigenvalue weighted by atomic mass is 127. The first kappa shape index (κ1) is 20.5. The monoisotopic (exact) mass is 505 g/mol. The van der Waals surface area contributed by atoms with Gasteiger partial charge < -0.3 is 0 Å². The molecular weight excluding hydrogens is 489 g/mol. The van der Waals surface area contributed by atoms with E-state index in [2.05, 4.69) is 38.2 Å². The number of aryl methyl sites for hydroxylation is 1. The van der Waals surface area contributed by atoms with E-state index in [-0.39, 0.29) is 22.5 Å². The van der Waals surface area contributed by atoms with Crippen LogP contribution in [0.25, 0.3) is 5.69 Å². The summed E-state index contributed by atoms with van der Waals surface area (Å²) in [5, 5.41) is 18.0. The van der Waals surface area contributed by atoms with Gasteiger partial charge in [-0.25, -0.2) is 10.1 Å². The molecule has 3 aromatic rings. The number of aromatic nitrogens is 2. The first-order valence-corrected chi connectivity index (χ1v) is 9.53. The lowest BCUT2D eigenvalue weighted by Gasteiger charge is -2.03. The van der Waals surface area contributed by atoms with Crippen LogP contribution in [0, 0.1) is 20.6 Å². The minimum absolute atomic E-state index is 0.115. The molecule has 0 radical (unpaired) electrons. The van der Waals surface area contributed by atoms with Crippen LogP contribution in [-0.4, -0.2) is 26.3 Å². The number of hydrogen-bond donors (Lipinski definition) is 2. The maximum Gasteiger partial charge on any atom is 0.282 e. The quantitative estimate of drug-likeness (QED) is 0.240. The Bertz CT molecular complexity index is 1180. The number of para-hydroxylation sites is 1. The van der Waals surface area contributed by atoms with E-state index in [4.69, 9.17) is 0 Å². The molecule has 0 atom stereocenters. The first-order chi connectivity index (χ1) is 13.8. The summed E-state index contributed by atoms with van der Waals surface area (Å²) in [6.45, 7) is 3.30. The number of nitro groups is 1. The fourth-order valence-corrected chi connectivity index (χ4v) is 3.18. The van der Waals surface area contributed by atoms with Crippen molar-refractivity contribution in [2.75, 3.05) is 0 Å². The number of hydrogen-bond acceptors (Lipinski definition) is 5. The summed E-state index contributed by atoms with van der Waals surface area (Å²) >= 11 is 2.18. The minimum Gasteiger partial charge on any atom is -0.295 e. The summed E-state index contributed by atoms with van der Waals surface area (Å²) in [4.78, 5) is 35.6. The summed E-state index contributed by atoms with van der Waals surface area (Å²) in [6.07, 6.45) is 0. The second kappa shape index (κ2) is 8.39. The molecule has 1 aromatic heterocycles. The van der Waals surface area contributed by atoms with Gasteiger partial charge in [0, 0.05) is 15.3 Å². The molecule has 0 bridgehead atoms. The Kier molecular flexibility index (Phi) is 5.92. The Hall–Kier alpha value is -3.28. The second-order valence-corrected chi connectivity index (χ2v) is 7.39. The van der Waals surface area contributed by atoms with E-state index in [1.165, 1.54) is 28.9 Å². The van der Waals surface area contributed by atoms with Crippen LogP contribution in [0.15, 0.2) is 58.4 Å². The molecule has 148 valence electrons. The number of nitrogens with one attached hydrogen (secondary N) is 2. The van der Waals surface area contributed by atoms with Crippen LogP contribution in [0.3, 0.4) is 0 Å². The van der Waals surface area contributed by atoms with Gasteiger partial charge in [-0.3, -0.25) is 24.8 Å². The van der Waals surface area contributed by atoms with E-state index in [1.54, 1.807) is 13.8 Å². The maximum absolute atomic E-state index is 12.8. The number of halogens is 1. The topological polar surface area (TPSA) is 122 Å². The molecule has 29 heavy (non-hydrogen) atoms. The number of aromatic amines is 1. The molecular formula is C19H16IN5O4. The van der Waals surface area contributed by atoms with E-state index < -0.39 is 10.8 Å². The van der Waals surface area contributed by atoms with E-state index in [1.807, 2.05) is 24.3 Å². The van der Waals surface area contributed by atoms with Crippen molar-refractivity contribution in [3.05, 3.63) is 89.4 Å². The average molecular weight is 505 g/mol. The van der Waals surface area contributed by atoms with Gasteiger partial charge in [-0.05, 0) is 66.8 Å². The average Bonchev–Trinajstić information content (AvgIpc) is 3.00. The predicted octanol–water partition coefficient (Wildman–Crippen LogP) is 3.14. The Labute approximate surface area is 178 Å². The van der Waals surface area contributed by atoms with Gasteiger partial charge in [0.05, 0.1) is 21.9 Å². The number of nitrogens with zero attached hydrogens (tertiary/aromatic N) is 3. The number of nitro benzene ring substituents is 1. The molecule has 2 N–H and O–H groups in total. The van der Waals surface area contributed by atoms with Crippen molar-refractivity contribution in [1.82, 2.24) is 15.2 Å². The molecule has 1 amide bonds. The molecule has 1 heterocycles. The number of amides is 1. The normalized spacial score (nSPS) is 11.3. The van der Waals surface area contributed by atoms with Gasteiger partial charge in [-0.15, -0.1) is 0 Å². The molecule has 10 heteroatoms. The third-order valence-electron chi connectivity index (χ3n) is 4.19. The molecule has 0 aliphatic rings. The van der Waals surface area contributed by atoms with Gasteiger partial charge in [0.15, 0.2) is 0 Å². The molecule has 0 spiro atoms. The Morgan fingerprint density at radius 2 is 1.86 bits per heavy atom. The zero-order valence-corrected chi connectivity index (χ0v) is 17.6. The van der Waals surface area contributed by atoms with Gasteiger partial charge in [0.1, 0.15) is 5.56 Å². The van der Waals surface area contributed by atoms with Crippen molar-refractivity contribution in [1.29, 1.82) is 0 Å². The highest BCUT2D eigenvalue weighted by Gasteiger charge is 2.20. The summed E-state index contributed by atoms with van der Waals surface area (Å²) in [7, 11) is 0. The number of carbonyl (C=O) groups is 1. The van der Waals surface area contributed by atoms with Crippen LogP contribution in [0.5, 0.6) is 0 Å². The van der Waals surface area contributed by atoms with Gasteiger partial charge in [-0.1, -0.05) is 12.1 Å². The molecule has 0 unspecified atom stereocenters. The first-order valence-electron chi connectivity index (χ1n) is 8.45.